The van der Waals surface area contributed by atoms with Crippen LogP contribution in [0.2, 0.25) is 0 Å². The molecule has 14 heavy (non-hydrogen) atoms. The molecule has 72 valence electrons. The van der Waals surface area contributed by atoms with E-state index in [2.05, 4.69) is 0 Å². The molecule has 0 bridgehead atoms. The Balaban J connectivity index is 2.88. The summed E-state index contributed by atoms with van der Waals surface area (Å²) in [4.78, 5) is 10.8. The highest BCUT2D eigenvalue weighted by molar-refractivity contribution is 7.17. The third-order valence-electron chi connectivity index (χ3n) is 2.33. The summed E-state index contributed by atoms with van der Waals surface area (Å²) in [5.41, 5.74) is 1.55. The summed E-state index contributed by atoms with van der Waals surface area (Å²) >= 11 is 1.53. The van der Waals surface area contributed by atoms with Crippen LogP contribution in [-0.2, 0) is 6.42 Å². The molecule has 0 aliphatic rings. The fraction of sp³-hybridized carbons (Fsp3) is 0.182. The molecule has 1 heterocycles. The molecule has 2 nitrogen and oxygen atoms in total. The molecule has 2 rings (SSSR count). The summed E-state index contributed by atoms with van der Waals surface area (Å²) in [6.45, 7) is 1.97. The largest absolute Gasteiger partial charge is 0.508 e. The number of benzene rings is 1. The molecule has 1 aromatic carbocycles. The summed E-state index contributed by atoms with van der Waals surface area (Å²) in [5, 5.41) is 12.4. The van der Waals surface area contributed by atoms with Crippen LogP contribution in [0.15, 0.2) is 17.5 Å². The number of fused-ring (bicyclic) bond motifs is 1. The molecule has 1 aromatic heterocycles. The van der Waals surface area contributed by atoms with Crippen LogP contribution in [-0.4, -0.2) is 11.4 Å². The SMILES string of the molecule is CCc1c(O)ccc2scc(C=O)c12. The van der Waals surface area contributed by atoms with E-state index in [1.807, 2.05) is 18.4 Å². The van der Waals surface area contributed by atoms with E-state index < -0.39 is 0 Å². The third kappa shape index (κ3) is 1.21. The Morgan fingerprint density at radius 2 is 2.29 bits per heavy atom. The standard InChI is InChI=1S/C11H10O2S/c1-2-8-9(13)3-4-10-11(8)7(5-12)6-14-10/h3-6,13H,2H2,1H3. The molecular formula is C11H10O2S. The monoisotopic (exact) mass is 206 g/mol. The number of aromatic hydroxyl groups is 1. The van der Waals surface area contributed by atoms with Crippen molar-refractivity contribution in [2.45, 2.75) is 13.3 Å². The minimum absolute atomic E-state index is 0.279. The van der Waals surface area contributed by atoms with Crippen molar-refractivity contribution in [2.75, 3.05) is 0 Å². The van der Waals surface area contributed by atoms with Crippen molar-refractivity contribution in [3.8, 4) is 5.75 Å². The molecule has 2 aromatic rings. The summed E-state index contributed by atoms with van der Waals surface area (Å²) < 4.78 is 1.06. The van der Waals surface area contributed by atoms with E-state index in [1.54, 1.807) is 6.07 Å². The number of aldehydes is 1. The Hall–Kier alpha value is -1.35. The number of hydrogen-bond donors (Lipinski definition) is 1. The third-order valence-corrected chi connectivity index (χ3v) is 3.30. The van der Waals surface area contributed by atoms with Crippen LogP contribution < -0.4 is 0 Å². The van der Waals surface area contributed by atoms with Crippen LogP contribution >= 0.6 is 11.3 Å². The molecule has 0 spiro atoms. The fourth-order valence-corrected chi connectivity index (χ4v) is 2.59. The normalized spacial score (nSPS) is 10.6. The van der Waals surface area contributed by atoms with E-state index in [0.717, 1.165) is 28.4 Å². The Morgan fingerprint density at radius 1 is 1.50 bits per heavy atom. The molecule has 0 radical (unpaired) electrons. The number of rotatable bonds is 2. The summed E-state index contributed by atoms with van der Waals surface area (Å²) in [6.07, 6.45) is 1.58. The number of phenolic OH excluding ortho intramolecular Hbond substituents is 1. The van der Waals surface area contributed by atoms with Gasteiger partial charge >= 0.3 is 0 Å². The van der Waals surface area contributed by atoms with Gasteiger partial charge < -0.3 is 5.11 Å². The molecule has 3 heteroatoms. The average Bonchev–Trinajstić information content (AvgIpc) is 2.61. The number of carbonyl (C=O) groups is 1. The lowest BCUT2D eigenvalue weighted by Gasteiger charge is -2.03. The highest BCUT2D eigenvalue weighted by Gasteiger charge is 2.10. The Labute approximate surface area is 85.8 Å². The minimum Gasteiger partial charge on any atom is -0.508 e. The highest BCUT2D eigenvalue weighted by atomic mass is 32.1. The van der Waals surface area contributed by atoms with Gasteiger partial charge in [-0.15, -0.1) is 11.3 Å². The first kappa shape index (κ1) is 9.21. The van der Waals surface area contributed by atoms with Crippen molar-refractivity contribution in [1.82, 2.24) is 0 Å². The van der Waals surface area contributed by atoms with Crippen molar-refractivity contribution >= 4 is 27.7 Å². The molecule has 0 fully saturated rings. The Morgan fingerprint density at radius 3 is 2.93 bits per heavy atom. The zero-order valence-corrected chi connectivity index (χ0v) is 8.60. The van der Waals surface area contributed by atoms with Gasteiger partial charge in [0.2, 0.25) is 0 Å². The summed E-state index contributed by atoms with van der Waals surface area (Å²) in [7, 11) is 0. The maximum absolute atomic E-state index is 10.8. The number of phenols is 1. The van der Waals surface area contributed by atoms with E-state index in [9.17, 15) is 9.90 Å². The van der Waals surface area contributed by atoms with Crippen molar-refractivity contribution in [3.05, 3.63) is 28.6 Å². The molecule has 0 aliphatic heterocycles. The van der Waals surface area contributed by atoms with Gasteiger partial charge in [-0.05, 0) is 18.6 Å². The van der Waals surface area contributed by atoms with Gasteiger partial charge in [0.05, 0.1) is 0 Å². The van der Waals surface area contributed by atoms with Crippen molar-refractivity contribution in [2.24, 2.45) is 0 Å². The predicted octanol–water partition coefficient (Wildman–Crippen LogP) is 2.98. The molecule has 0 amide bonds. The van der Waals surface area contributed by atoms with Crippen LogP contribution in [0.5, 0.6) is 5.75 Å². The van der Waals surface area contributed by atoms with Crippen LogP contribution in [0.4, 0.5) is 0 Å². The molecule has 0 saturated carbocycles. The van der Waals surface area contributed by atoms with E-state index in [-0.39, 0.29) is 5.75 Å². The smallest absolute Gasteiger partial charge is 0.151 e. The maximum Gasteiger partial charge on any atom is 0.151 e. The number of carbonyl (C=O) groups excluding carboxylic acids is 1. The second-order valence-electron chi connectivity index (χ2n) is 3.10. The van der Waals surface area contributed by atoms with Gasteiger partial charge in [0.25, 0.3) is 0 Å². The molecule has 0 aliphatic carbocycles. The zero-order valence-electron chi connectivity index (χ0n) is 7.78. The molecule has 1 N–H and O–H groups in total. The van der Waals surface area contributed by atoms with Gasteiger partial charge in [-0.2, -0.15) is 0 Å². The minimum atomic E-state index is 0.279. The zero-order chi connectivity index (χ0) is 10.1. The van der Waals surface area contributed by atoms with Gasteiger partial charge in [-0.1, -0.05) is 6.92 Å². The maximum atomic E-state index is 10.8. The lowest BCUT2D eigenvalue weighted by molar-refractivity contribution is 0.112. The van der Waals surface area contributed by atoms with Crippen molar-refractivity contribution in [1.29, 1.82) is 0 Å². The van der Waals surface area contributed by atoms with Crippen molar-refractivity contribution in [3.63, 3.8) is 0 Å². The van der Waals surface area contributed by atoms with E-state index in [1.165, 1.54) is 11.3 Å². The van der Waals surface area contributed by atoms with E-state index in [4.69, 9.17) is 0 Å². The van der Waals surface area contributed by atoms with Crippen LogP contribution in [0.1, 0.15) is 22.8 Å². The van der Waals surface area contributed by atoms with Gasteiger partial charge in [-0.3, -0.25) is 4.79 Å². The molecule has 0 unspecified atom stereocenters. The highest BCUT2D eigenvalue weighted by Crippen LogP contribution is 2.33. The van der Waals surface area contributed by atoms with Gasteiger partial charge in [0.15, 0.2) is 6.29 Å². The first-order valence-electron chi connectivity index (χ1n) is 4.45. The lowest BCUT2D eigenvalue weighted by atomic mass is 10.0. The fourth-order valence-electron chi connectivity index (χ4n) is 1.66. The Bertz CT molecular complexity index is 485. The topological polar surface area (TPSA) is 37.3 Å². The van der Waals surface area contributed by atoms with Crippen LogP contribution in [0.3, 0.4) is 0 Å². The quantitative estimate of drug-likeness (QED) is 0.767. The van der Waals surface area contributed by atoms with Crippen molar-refractivity contribution < 1.29 is 9.90 Å². The first-order chi connectivity index (χ1) is 6.77. The molecule has 0 atom stereocenters. The average molecular weight is 206 g/mol. The lowest BCUT2D eigenvalue weighted by Crippen LogP contribution is -1.85. The number of hydrogen-bond acceptors (Lipinski definition) is 3. The summed E-state index contributed by atoms with van der Waals surface area (Å²) in [6, 6.07) is 3.54. The van der Waals surface area contributed by atoms with Crippen LogP contribution in [0, 0.1) is 0 Å². The van der Waals surface area contributed by atoms with E-state index in [0.29, 0.717) is 5.56 Å². The summed E-state index contributed by atoms with van der Waals surface area (Å²) in [5.74, 6) is 0.279. The molecular weight excluding hydrogens is 196 g/mol. The number of aryl methyl sites for hydroxylation is 1. The van der Waals surface area contributed by atoms with Gasteiger partial charge in [0.1, 0.15) is 5.75 Å². The predicted molar refractivity (Wildman–Crippen MR) is 58.3 cm³/mol. The molecule has 0 saturated heterocycles. The Kier molecular flexibility index (Phi) is 2.25. The first-order valence-corrected chi connectivity index (χ1v) is 5.33. The second-order valence-corrected chi connectivity index (χ2v) is 4.01. The second kappa shape index (κ2) is 3.42. The van der Waals surface area contributed by atoms with Crippen LogP contribution in [0.25, 0.3) is 10.1 Å². The van der Waals surface area contributed by atoms with Gasteiger partial charge in [0, 0.05) is 26.6 Å². The van der Waals surface area contributed by atoms with Gasteiger partial charge in [-0.25, -0.2) is 0 Å². The number of thiophene rings is 1. The van der Waals surface area contributed by atoms with E-state index >= 15 is 0 Å².